The van der Waals surface area contributed by atoms with Crippen molar-refractivity contribution in [1.82, 2.24) is 4.90 Å². The molecule has 0 aromatic heterocycles. The van der Waals surface area contributed by atoms with Crippen molar-refractivity contribution in [2.75, 3.05) is 13.1 Å². The fourth-order valence-electron chi connectivity index (χ4n) is 1.81. The highest BCUT2D eigenvalue weighted by molar-refractivity contribution is 9.10. The second kappa shape index (κ2) is 6.92. The molecule has 0 unspecified atom stereocenters. The molecule has 0 fully saturated rings. The molecule has 0 radical (unpaired) electrons. The molecular weight excluding hydrogens is 266 g/mol. The molecule has 0 aliphatic heterocycles. The second-order valence-electron chi connectivity index (χ2n) is 4.06. The van der Waals surface area contributed by atoms with Crippen LogP contribution in [0.2, 0.25) is 0 Å². The van der Waals surface area contributed by atoms with Gasteiger partial charge in [-0.2, -0.15) is 0 Å². The number of phenolic OH excluding ortho intramolecular Hbond substituents is 1. The molecule has 0 aliphatic carbocycles. The number of aromatic hydroxyl groups is 1. The number of hydrogen-bond donors (Lipinski definition) is 1. The molecule has 1 aromatic carbocycles. The first-order valence-electron chi connectivity index (χ1n) is 5.87. The quantitative estimate of drug-likeness (QED) is 0.860. The van der Waals surface area contributed by atoms with E-state index in [4.69, 9.17) is 0 Å². The summed E-state index contributed by atoms with van der Waals surface area (Å²) in [6, 6.07) is 5.72. The van der Waals surface area contributed by atoms with Crippen LogP contribution in [-0.2, 0) is 6.54 Å². The highest BCUT2D eigenvalue weighted by Crippen LogP contribution is 2.24. The minimum Gasteiger partial charge on any atom is -0.507 e. The number of hydrogen-bond acceptors (Lipinski definition) is 2. The van der Waals surface area contributed by atoms with Crippen LogP contribution in [-0.4, -0.2) is 23.1 Å². The average Bonchev–Trinajstić information content (AvgIpc) is 2.24. The Bertz CT molecular complexity index is 322. The van der Waals surface area contributed by atoms with Gasteiger partial charge in [-0.3, -0.25) is 4.90 Å². The van der Waals surface area contributed by atoms with Crippen LogP contribution >= 0.6 is 15.9 Å². The minimum absolute atomic E-state index is 0.307. The zero-order valence-corrected chi connectivity index (χ0v) is 11.6. The SMILES string of the molecule is CCCN(CCC)Cc1ccc(O)c(Br)c1. The summed E-state index contributed by atoms with van der Waals surface area (Å²) in [7, 11) is 0. The third kappa shape index (κ3) is 4.14. The van der Waals surface area contributed by atoms with Gasteiger partial charge in [-0.25, -0.2) is 0 Å². The van der Waals surface area contributed by atoms with Crippen molar-refractivity contribution < 1.29 is 5.11 Å². The molecule has 3 heteroatoms. The zero-order chi connectivity index (χ0) is 12.0. The van der Waals surface area contributed by atoms with E-state index in [9.17, 15) is 5.11 Å². The van der Waals surface area contributed by atoms with E-state index in [1.165, 1.54) is 18.4 Å². The van der Waals surface area contributed by atoms with Crippen molar-refractivity contribution >= 4 is 15.9 Å². The molecule has 0 spiro atoms. The Morgan fingerprint density at radius 1 is 1.19 bits per heavy atom. The van der Waals surface area contributed by atoms with E-state index in [2.05, 4.69) is 34.7 Å². The smallest absolute Gasteiger partial charge is 0.129 e. The number of phenols is 1. The van der Waals surface area contributed by atoms with Crippen molar-refractivity contribution in [1.29, 1.82) is 0 Å². The summed E-state index contributed by atoms with van der Waals surface area (Å²) in [6.07, 6.45) is 2.36. The van der Waals surface area contributed by atoms with Gasteiger partial charge < -0.3 is 5.11 Å². The minimum atomic E-state index is 0.307. The first-order chi connectivity index (χ1) is 7.67. The van der Waals surface area contributed by atoms with Crippen LogP contribution in [0.5, 0.6) is 5.75 Å². The van der Waals surface area contributed by atoms with Crippen LogP contribution in [0.25, 0.3) is 0 Å². The predicted molar refractivity (Wildman–Crippen MR) is 71.7 cm³/mol. The molecule has 0 amide bonds. The second-order valence-corrected chi connectivity index (χ2v) is 4.92. The molecule has 0 bridgehead atoms. The van der Waals surface area contributed by atoms with Gasteiger partial charge in [0.2, 0.25) is 0 Å². The lowest BCUT2D eigenvalue weighted by Gasteiger charge is -2.21. The fraction of sp³-hybridized carbons (Fsp3) is 0.538. The molecule has 0 atom stereocenters. The highest BCUT2D eigenvalue weighted by atomic mass is 79.9. The van der Waals surface area contributed by atoms with Gasteiger partial charge in [-0.15, -0.1) is 0 Å². The first-order valence-corrected chi connectivity index (χ1v) is 6.66. The average molecular weight is 286 g/mol. The van der Waals surface area contributed by atoms with Gasteiger partial charge in [0.25, 0.3) is 0 Å². The Hall–Kier alpha value is -0.540. The van der Waals surface area contributed by atoms with Crippen LogP contribution in [0.15, 0.2) is 22.7 Å². The van der Waals surface area contributed by atoms with Crippen molar-refractivity contribution in [3.05, 3.63) is 28.2 Å². The number of rotatable bonds is 6. The van der Waals surface area contributed by atoms with Gasteiger partial charge in [0.15, 0.2) is 0 Å². The van der Waals surface area contributed by atoms with Crippen LogP contribution in [0.1, 0.15) is 32.3 Å². The van der Waals surface area contributed by atoms with Gasteiger partial charge in [0.05, 0.1) is 4.47 Å². The van der Waals surface area contributed by atoms with E-state index < -0.39 is 0 Å². The van der Waals surface area contributed by atoms with Crippen LogP contribution in [0, 0.1) is 0 Å². The lowest BCUT2D eigenvalue weighted by Crippen LogP contribution is -2.24. The topological polar surface area (TPSA) is 23.5 Å². The summed E-state index contributed by atoms with van der Waals surface area (Å²) in [4.78, 5) is 2.44. The Kier molecular flexibility index (Phi) is 5.85. The largest absolute Gasteiger partial charge is 0.507 e. The van der Waals surface area contributed by atoms with Gasteiger partial charge in [-0.05, 0) is 59.6 Å². The highest BCUT2D eigenvalue weighted by Gasteiger charge is 2.05. The Balaban J connectivity index is 2.65. The molecule has 1 aromatic rings. The van der Waals surface area contributed by atoms with Gasteiger partial charge in [0.1, 0.15) is 5.75 Å². The normalized spacial score (nSPS) is 11.0. The van der Waals surface area contributed by atoms with Crippen molar-refractivity contribution in [2.24, 2.45) is 0 Å². The van der Waals surface area contributed by atoms with Crippen LogP contribution < -0.4 is 0 Å². The molecule has 0 saturated carbocycles. The zero-order valence-electron chi connectivity index (χ0n) is 10.0. The van der Waals surface area contributed by atoms with Gasteiger partial charge in [-0.1, -0.05) is 19.9 Å². The number of benzene rings is 1. The van der Waals surface area contributed by atoms with Crippen molar-refractivity contribution in [3.8, 4) is 5.75 Å². The molecule has 0 saturated heterocycles. The molecule has 2 nitrogen and oxygen atoms in total. The summed E-state index contributed by atoms with van der Waals surface area (Å²) in [5.41, 5.74) is 1.24. The molecular formula is C13H20BrNO. The van der Waals surface area contributed by atoms with E-state index >= 15 is 0 Å². The Morgan fingerprint density at radius 2 is 1.81 bits per heavy atom. The Morgan fingerprint density at radius 3 is 2.31 bits per heavy atom. The van der Waals surface area contributed by atoms with E-state index in [-0.39, 0.29) is 0 Å². The lowest BCUT2D eigenvalue weighted by molar-refractivity contribution is 0.266. The maximum Gasteiger partial charge on any atom is 0.129 e. The maximum absolute atomic E-state index is 9.42. The monoisotopic (exact) mass is 285 g/mol. The molecule has 0 heterocycles. The lowest BCUT2D eigenvalue weighted by atomic mass is 10.2. The molecule has 90 valence electrons. The summed E-state index contributed by atoms with van der Waals surface area (Å²) in [6.45, 7) is 7.63. The summed E-state index contributed by atoms with van der Waals surface area (Å²) >= 11 is 3.35. The van der Waals surface area contributed by atoms with E-state index in [0.29, 0.717) is 5.75 Å². The summed E-state index contributed by atoms with van der Waals surface area (Å²) < 4.78 is 0.776. The van der Waals surface area contributed by atoms with Crippen LogP contribution in [0.3, 0.4) is 0 Å². The van der Waals surface area contributed by atoms with E-state index in [1.807, 2.05) is 12.1 Å². The van der Waals surface area contributed by atoms with Gasteiger partial charge in [0, 0.05) is 6.54 Å². The van der Waals surface area contributed by atoms with Crippen LogP contribution in [0.4, 0.5) is 0 Å². The Labute approximate surface area is 106 Å². The third-order valence-corrected chi connectivity index (χ3v) is 3.13. The van der Waals surface area contributed by atoms with E-state index in [1.54, 1.807) is 6.07 Å². The molecule has 1 rings (SSSR count). The predicted octanol–water partition coefficient (Wildman–Crippen LogP) is 3.78. The van der Waals surface area contributed by atoms with E-state index in [0.717, 1.165) is 24.1 Å². The third-order valence-electron chi connectivity index (χ3n) is 2.50. The van der Waals surface area contributed by atoms with Gasteiger partial charge >= 0.3 is 0 Å². The standard InChI is InChI=1S/C13H20BrNO/c1-3-7-15(8-4-2)10-11-5-6-13(16)12(14)9-11/h5-6,9,16H,3-4,7-8,10H2,1-2H3. The summed E-state index contributed by atoms with van der Waals surface area (Å²) in [5.74, 6) is 0.307. The summed E-state index contributed by atoms with van der Waals surface area (Å²) in [5, 5.41) is 9.42. The molecule has 1 N–H and O–H groups in total. The molecule has 16 heavy (non-hydrogen) atoms. The van der Waals surface area contributed by atoms with Crippen molar-refractivity contribution in [2.45, 2.75) is 33.2 Å². The fourth-order valence-corrected chi connectivity index (χ4v) is 2.24. The number of halogens is 1. The molecule has 0 aliphatic rings. The van der Waals surface area contributed by atoms with Crippen molar-refractivity contribution in [3.63, 3.8) is 0 Å². The maximum atomic E-state index is 9.42. The first kappa shape index (κ1) is 13.5. The number of nitrogens with zero attached hydrogens (tertiary/aromatic N) is 1.